The third-order valence-electron chi connectivity index (χ3n) is 4.54. The van der Waals surface area contributed by atoms with E-state index in [2.05, 4.69) is 0 Å². The van der Waals surface area contributed by atoms with Crippen LogP contribution in [0, 0.1) is 0 Å². The van der Waals surface area contributed by atoms with Gasteiger partial charge in [-0.25, -0.2) is 17.2 Å². The summed E-state index contributed by atoms with van der Waals surface area (Å²) < 4.78 is 52.6. The van der Waals surface area contributed by atoms with Crippen molar-refractivity contribution in [3.05, 3.63) is 30.5 Å². The van der Waals surface area contributed by atoms with Crippen LogP contribution in [-0.4, -0.2) is 49.2 Å². The molecule has 1 aromatic heterocycles. The zero-order chi connectivity index (χ0) is 16.6. The number of aryl methyl sites for hydroxylation is 1. The van der Waals surface area contributed by atoms with Gasteiger partial charge >= 0.3 is 0 Å². The SMILES string of the molecule is Cn1cc(S(=O)(=O)C2CCN(CC(F)F)CC2)c2ccccc21. The highest BCUT2D eigenvalue weighted by Gasteiger charge is 2.33. The molecule has 0 aliphatic carbocycles. The maximum absolute atomic E-state index is 13.0. The summed E-state index contributed by atoms with van der Waals surface area (Å²) in [5.41, 5.74) is 0.876. The molecule has 7 heteroatoms. The largest absolute Gasteiger partial charge is 0.349 e. The highest BCUT2D eigenvalue weighted by molar-refractivity contribution is 7.92. The summed E-state index contributed by atoms with van der Waals surface area (Å²) >= 11 is 0. The normalized spacial score (nSPS) is 18.1. The molecule has 0 atom stereocenters. The van der Waals surface area contributed by atoms with Crippen LogP contribution in [0.5, 0.6) is 0 Å². The van der Waals surface area contributed by atoms with Gasteiger partial charge in [0, 0.05) is 24.1 Å². The first kappa shape index (κ1) is 16.4. The van der Waals surface area contributed by atoms with Crippen molar-refractivity contribution in [2.75, 3.05) is 19.6 Å². The Labute approximate surface area is 134 Å². The van der Waals surface area contributed by atoms with E-state index in [9.17, 15) is 17.2 Å². The Morgan fingerprint density at radius 3 is 2.52 bits per heavy atom. The number of halogens is 2. The summed E-state index contributed by atoms with van der Waals surface area (Å²) in [4.78, 5) is 1.99. The maximum Gasteiger partial charge on any atom is 0.251 e. The van der Waals surface area contributed by atoms with Gasteiger partial charge in [-0.15, -0.1) is 0 Å². The Morgan fingerprint density at radius 2 is 1.87 bits per heavy atom. The number of benzene rings is 1. The Balaban J connectivity index is 1.85. The fourth-order valence-electron chi connectivity index (χ4n) is 3.31. The lowest BCUT2D eigenvalue weighted by molar-refractivity contribution is 0.0793. The third-order valence-corrected chi connectivity index (χ3v) is 6.82. The van der Waals surface area contributed by atoms with Crippen molar-refractivity contribution in [2.45, 2.75) is 29.4 Å². The van der Waals surface area contributed by atoms with Crippen LogP contribution >= 0.6 is 0 Å². The zero-order valence-corrected chi connectivity index (χ0v) is 13.8. The molecule has 1 fully saturated rings. The quantitative estimate of drug-likeness (QED) is 0.858. The second kappa shape index (κ2) is 6.20. The van der Waals surface area contributed by atoms with Gasteiger partial charge in [0.1, 0.15) is 0 Å². The molecule has 1 saturated heterocycles. The average Bonchev–Trinajstić information content (AvgIpc) is 2.86. The van der Waals surface area contributed by atoms with E-state index in [-0.39, 0.29) is 6.54 Å². The summed E-state index contributed by atoms with van der Waals surface area (Å²) in [6.07, 6.45) is 0.0865. The van der Waals surface area contributed by atoms with E-state index in [0.29, 0.717) is 30.8 Å². The monoisotopic (exact) mass is 342 g/mol. The minimum Gasteiger partial charge on any atom is -0.349 e. The van der Waals surface area contributed by atoms with Gasteiger partial charge in [0.15, 0.2) is 9.84 Å². The van der Waals surface area contributed by atoms with Crippen LogP contribution in [0.15, 0.2) is 35.4 Å². The highest BCUT2D eigenvalue weighted by Crippen LogP contribution is 2.31. The van der Waals surface area contributed by atoms with Crippen LogP contribution in [-0.2, 0) is 16.9 Å². The molecule has 1 aromatic carbocycles. The third kappa shape index (κ3) is 3.12. The average molecular weight is 342 g/mol. The van der Waals surface area contributed by atoms with E-state index < -0.39 is 21.5 Å². The van der Waals surface area contributed by atoms with Gasteiger partial charge in [-0.2, -0.15) is 0 Å². The number of hydrogen-bond donors (Lipinski definition) is 0. The standard InChI is InChI=1S/C16H20F2N2O2S/c1-19-10-15(13-4-2-3-5-14(13)19)23(21,22)12-6-8-20(9-7-12)11-16(17)18/h2-5,10,12,16H,6-9,11H2,1H3. The molecule has 0 saturated carbocycles. The minimum atomic E-state index is -3.45. The second-order valence-electron chi connectivity index (χ2n) is 6.06. The van der Waals surface area contributed by atoms with Crippen LogP contribution in [0.3, 0.4) is 0 Å². The van der Waals surface area contributed by atoms with Gasteiger partial charge in [0.2, 0.25) is 0 Å². The molecule has 0 N–H and O–H groups in total. The Morgan fingerprint density at radius 1 is 1.22 bits per heavy atom. The zero-order valence-electron chi connectivity index (χ0n) is 13.0. The molecular weight excluding hydrogens is 322 g/mol. The summed E-state index contributed by atoms with van der Waals surface area (Å²) in [5.74, 6) is 0. The lowest BCUT2D eigenvalue weighted by Gasteiger charge is -2.31. The molecule has 126 valence electrons. The molecule has 3 rings (SSSR count). The highest BCUT2D eigenvalue weighted by atomic mass is 32.2. The molecule has 1 aliphatic rings. The first-order valence-corrected chi connectivity index (χ1v) is 9.22. The topological polar surface area (TPSA) is 42.3 Å². The Bertz CT molecular complexity index is 794. The van der Waals surface area contributed by atoms with Crippen LogP contribution in [0.2, 0.25) is 0 Å². The summed E-state index contributed by atoms with van der Waals surface area (Å²) in [6, 6.07) is 7.40. The van der Waals surface area contributed by atoms with Crippen molar-refractivity contribution in [1.82, 2.24) is 9.47 Å². The van der Waals surface area contributed by atoms with Gasteiger partial charge < -0.3 is 4.57 Å². The second-order valence-corrected chi connectivity index (χ2v) is 8.25. The lowest BCUT2D eigenvalue weighted by Crippen LogP contribution is -2.41. The van der Waals surface area contributed by atoms with Crippen LogP contribution in [0.4, 0.5) is 8.78 Å². The number of para-hydroxylation sites is 1. The van der Waals surface area contributed by atoms with Crippen LogP contribution < -0.4 is 0 Å². The van der Waals surface area contributed by atoms with Crippen molar-refractivity contribution < 1.29 is 17.2 Å². The molecule has 0 unspecified atom stereocenters. The first-order valence-electron chi connectivity index (χ1n) is 7.68. The lowest BCUT2D eigenvalue weighted by atomic mass is 10.1. The van der Waals surface area contributed by atoms with Gasteiger partial charge in [0.05, 0.1) is 16.7 Å². The predicted octanol–water partition coefficient (Wildman–Crippen LogP) is 2.68. The summed E-state index contributed by atoms with van der Waals surface area (Å²) in [5, 5.41) is 0.229. The van der Waals surface area contributed by atoms with Gasteiger partial charge in [-0.3, -0.25) is 4.90 Å². The number of rotatable bonds is 4. The number of aromatic nitrogens is 1. The Hall–Kier alpha value is -1.47. The van der Waals surface area contributed by atoms with Gasteiger partial charge in [0.25, 0.3) is 6.43 Å². The molecule has 0 bridgehead atoms. The molecule has 0 spiro atoms. The number of hydrogen-bond acceptors (Lipinski definition) is 3. The van der Waals surface area contributed by atoms with Crippen molar-refractivity contribution in [3.63, 3.8) is 0 Å². The number of likely N-dealkylation sites (tertiary alicyclic amines) is 1. The predicted molar refractivity (Wildman–Crippen MR) is 85.6 cm³/mol. The number of nitrogens with zero attached hydrogens (tertiary/aromatic N) is 2. The van der Waals surface area contributed by atoms with Crippen molar-refractivity contribution in [3.8, 4) is 0 Å². The van der Waals surface area contributed by atoms with E-state index in [4.69, 9.17) is 0 Å². The molecule has 2 aromatic rings. The molecule has 23 heavy (non-hydrogen) atoms. The van der Waals surface area contributed by atoms with E-state index in [1.165, 1.54) is 0 Å². The van der Waals surface area contributed by atoms with E-state index in [1.807, 2.05) is 35.9 Å². The first-order chi connectivity index (χ1) is 10.9. The number of sulfone groups is 1. The number of alkyl halides is 2. The smallest absolute Gasteiger partial charge is 0.251 e. The van der Waals surface area contributed by atoms with Crippen molar-refractivity contribution >= 4 is 20.7 Å². The minimum absolute atomic E-state index is 0.277. The number of piperidine rings is 1. The fourth-order valence-corrected chi connectivity index (χ4v) is 5.28. The van der Waals surface area contributed by atoms with Gasteiger partial charge in [-0.05, 0) is 32.0 Å². The summed E-state index contributed by atoms with van der Waals surface area (Å²) in [7, 11) is -1.63. The fraction of sp³-hybridized carbons (Fsp3) is 0.500. The Kier molecular flexibility index (Phi) is 4.42. The van der Waals surface area contributed by atoms with Crippen molar-refractivity contribution in [2.24, 2.45) is 7.05 Å². The maximum atomic E-state index is 13.0. The molecule has 4 nitrogen and oxygen atoms in total. The van der Waals surface area contributed by atoms with E-state index in [1.54, 1.807) is 11.1 Å². The molecule has 2 heterocycles. The van der Waals surface area contributed by atoms with Crippen LogP contribution in [0.1, 0.15) is 12.8 Å². The van der Waals surface area contributed by atoms with Gasteiger partial charge in [-0.1, -0.05) is 18.2 Å². The molecule has 1 aliphatic heterocycles. The van der Waals surface area contributed by atoms with Crippen LogP contribution in [0.25, 0.3) is 10.9 Å². The number of fused-ring (bicyclic) bond motifs is 1. The van der Waals surface area contributed by atoms with Crippen molar-refractivity contribution in [1.29, 1.82) is 0 Å². The molecular formula is C16H20F2N2O2S. The molecule has 0 amide bonds. The van der Waals surface area contributed by atoms with E-state index in [0.717, 1.165) is 10.9 Å². The molecule has 0 radical (unpaired) electrons. The summed E-state index contributed by atoms with van der Waals surface area (Å²) in [6.45, 7) is 0.527. The van der Waals surface area contributed by atoms with E-state index >= 15 is 0 Å².